The third-order valence-corrected chi connectivity index (χ3v) is 2.63. The van der Waals surface area contributed by atoms with E-state index in [1.807, 2.05) is 14.0 Å². The van der Waals surface area contributed by atoms with E-state index < -0.39 is 0 Å². The SMILES string of the molecule is CCCN(CCO)c1c(CO)c(C)nn1C. The monoisotopic (exact) mass is 227 g/mol. The molecule has 92 valence electrons. The fourth-order valence-electron chi connectivity index (χ4n) is 1.98. The molecule has 1 aromatic rings. The highest BCUT2D eigenvalue weighted by molar-refractivity contribution is 5.49. The number of rotatable bonds is 6. The molecule has 0 aliphatic heterocycles. The van der Waals surface area contributed by atoms with Gasteiger partial charge in [-0.1, -0.05) is 6.92 Å². The second-order valence-corrected chi connectivity index (χ2v) is 3.88. The van der Waals surface area contributed by atoms with E-state index in [-0.39, 0.29) is 13.2 Å². The Morgan fingerprint density at radius 2 is 2.00 bits per heavy atom. The maximum absolute atomic E-state index is 9.36. The highest BCUT2D eigenvalue weighted by atomic mass is 16.3. The van der Waals surface area contributed by atoms with E-state index in [2.05, 4.69) is 16.9 Å². The van der Waals surface area contributed by atoms with Gasteiger partial charge in [-0.2, -0.15) is 5.10 Å². The van der Waals surface area contributed by atoms with Crippen LogP contribution in [0.25, 0.3) is 0 Å². The summed E-state index contributed by atoms with van der Waals surface area (Å²) in [4.78, 5) is 2.06. The lowest BCUT2D eigenvalue weighted by Gasteiger charge is -2.24. The molecule has 5 nitrogen and oxygen atoms in total. The summed E-state index contributed by atoms with van der Waals surface area (Å²) in [6.45, 7) is 5.49. The number of hydrogen-bond acceptors (Lipinski definition) is 4. The molecule has 0 atom stereocenters. The van der Waals surface area contributed by atoms with Crippen molar-refractivity contribution in [2.24, 2.45) is 7.05 Å². The number of aliphatic hydroxyl groups excluding tert-OH is 2. The van der Waals surface area contributed by atoms with Crippen LogP contribution >= 0.6 is 0 Å². The van der Waals surface area contributed by atoms with Gasteiger partial charge in [0.15, 0.2) is 0 Å². The number of hydrogen-bond donors (Lipinski definition) is 2. The van der Waals surface area contributed by atoms with Crippen LogP contribution in [0.2, 0.25) is 0 Å². The Kier molecular flexibility index (Phi) is 4.76. The lowest BCUT2D eigenvalue weighted by molar-refractivity contribution is 0.279. The first-order valence-corrected chi connectivity index (χ1v) is 5.64. The van der Waals surface area contributed by atoms with Crippen molar-refractivity contribution in [3.8, 4) is 0 Å². The van der Waals surface area contributed by atoms with Gasteiger partial charge in [0.05, 0.1) is 18.9 Å². The van der Waals surface area contributed by atoms with Crippen LogP contribution in [0.5, 0.6) is 0 Å². The molecule has 1 heterocycles. The van der Waals surface area contributed by atoms with Gasteiger partial charge in [-0.15, -0.1) is 0 Å². The summed E-state index contributed by atoms with van der Waals surface area (Å²) in [5.41, 5.74) is 1.70. The third kappa shape index (κ3) is 2.54. The first kappa shape index (κ1) is 13.0. The number of aryl methyl sites for hydroxylation is 2. The van der Waals surface area contributed by atoms with Crippen molar-refractivity contribution in [3.05, 3.63) is 11.3 Å². The van der Waals surface area contributed by atoms with Crippen LogP contribution in [-0.2, 0) is 13.7 Å². The van der Waals surface area contributed by atoms with Crippen LogP contribution in [-0.4, -0.2) is 39.7 Å². The van der Waals surface area contributed by atoms with Crippen LogP contribution in [0.4, 0.5) is 5.82 Å². The molecule has 1 rings (SSSR count). The van der Waals surface area contributed by atoms with Gasteiger partial charge in [-0.25, -0.2) is 0 Å². The van der Waals surface area contributed by atoms with Gasteiger partial charge in [-0.3, -0.25) is 4.68 Å². The van der Waals surface area contributed by atoms with E-state index in [9.17, 15) is 5.11 Å². The Bertz CT molecular complexity index is 330. The van der Waals surface area contributed by atoms with E-state index >= 15 is 0 Å². The second-order valence-electron chi connectivity index (χ2n) is 3.88. The minimum Gasteiger partial charge on any atom is -0.395 e. The molecular weight excluding hydrogens is 206 g/mol. The summed E-state index contributed by atoms with van der Waals surface area (Å²) < 4.78 is 1.77. The lowest BCUT2D eigenvalue weighted by atomic mass is 10.2. The Balaban J connectivity index is 3.06. The standard InChI is InChI=1S/C11H21N3O2/c1-4-5-14(6-7-15)11-10(8-16)9(2)12-13(11)3/h15-16H,4-8H2,1-3H3. The summed E-state index contributed by atoms with van der Waals surface area (Å²) in [7, 11) is 1.86. The van der Waals surface area contributed by atoms with Crippen LogP contribution in [0.1, 0.15) is 24.6 Å². The summed E-state index contributed by atoms with van der Waals surface area (Å²) in [5.74, 6) is 0.913. The fourth-order valence-corrected chi connectivity index (χ4v) is 1.98. The molecule has 0 aliphatic carbocycles. The molecule has 1 aromatic heterocycles. The predicted molar refractivity (Wildman–Crippen MR) is 63.5 cm³/mol. The van der Waals surface area contributed by atoms with E-state index in [0.717, 1.165) is 30.0 Å². The fraction of sp³-hybridized carbons (Fsp3) is 0.727. The van der Waals surface area contributed by atoms with Gasteiger partial charge in [0.25, 0.3) is 0 Å². The minimum absolute atomic E-state index is 0.0132. The van der Waals surface area contributed by atoms with Crippen LogP contribution in [0.3, 0.4) is 0 Å². The minimum atomic E-state index is -0.0132. The van der Waals surface area contributed by atoms with E-state index in [1.165, 1.54) is 0 Å². The van der Waals surface area contributed by atoms with Crippen LogP contribution < -0.4 is 4.90 Å². The lowest BCUT2D eigenvalue weighted by Crippen LogP contribution is -2.30. The molecule has 0 saturated heterocycles. The highest BCUT2D eigenvalue weighted by Gasteiger charge is 2.17. The smallest absolute Gasteiger partial charge is 0.132 e. The third-order valence-electron chi connectivity index (χ3n) is 2.63. The van der Waals surface area contributed by atoms with Gasteiger partial charge in [0.1, 0.15) is 5.82 Å². The molecule has 0 radical (unpaired) electrons. The number of anilines is 1. The van der Waals surface area contributed by atoms with Gasteiger partial charge < -0.3 is 15.1 Å². The van der Waals surface area contributed by atoms with Gasteiger partial charge in [0.2, 0.25) is 0 Å². The normalized spacial score (nSPS) is 10.8. The van der Waals surface area contributed by atoms with Crippen molar-refractivity contribution in [1.29, 1.82) is 0 Å². The Morgan fingerprint density at radius 1 is 1.31 bits per heavy atom. The largest absolute Gasteiger partial charge is 0.395 e. The summed E-state index contributed by atoms with van der Waals surface area (Å²) in [5, 5.41) is 22.7. The Morgan fingerprint density at radius 3 is 2.50 bits per heavy atom. The molecule has 0 aliphatic rings. The summed E-state index contributed by atoms with van der Waals surface area (Å²) >= 11 is 0. The molecule has 0 unspecified atom stereocenters. The maximum atomic E-state index is 9.36. The van der Waals surface area contributed by atoms with Gasteiger partial charge in [-0.05, 0) is 13.3 Å². The highest BCUT2D eigenvalue weighted by Crippen LogP contribution is 2.23. The average molecular weight is 227 g/mol. The summed E-state index contributed by atoms with van der Waals surface area (Å²) in [6.07, 6.45) is 0.995. The van der Waals surface area contributed by atoms with Gasteiger partial charge >= 0.3 is 0 Å². The van der Waals surface area contributed by atoms with E-state index in [1.54, 1.807) is 4.68 Å². The number of aromatic nitrogens is 2. The predicted octanol–water partition coefficient (Wildman–Crippen LogP) is 0.430. The topological polar surface area (TPSA) is 61.5 Å². The van der Waals surface area contributed by atoms with Crippen molar-refractivity contribution in [2.45, 2.75) is 26.9 Å². The maximum Gasteiger partial charge on any atom is 0.132 e. The molecular formula is C11H21N3O2. The second kappa shape index (κ2) is 5.86. The zero-order chi connectivity index (χ0) is 12.1. The van der Waals surface area contributed by atoms with Crippen molar-refractivity contribution in [2.75, 3.05) is 24.6 Å². The van der Waals surface area contributed by atoms with Crippen LogP contribution in [0, 0.1) is 6.92 Å². The molecule has 0 amide bonds. The molecule has 0 fully saturated rings. The molecule has 5 heteroatoms. The van der Waals surface area contributed by atoms with Crippen molar-refractivity contribution < 1.29 is 10.2 Å². The Labute approximate surface area is 96.3 Å². The molecule has 16 heavy (non-hydrogen) atoms. The van der Waals surface area contributed by atoms with Gasteiger partial charge in [0, 0.05) is 25.7 Å². The zero-order valence-corrected chi connectivity index (χ0v) is 10.3. The van der Waals surface area contributed by atoms with Crippen molar-refractivity contribution >= 4 is 5.82 Å². The van der Waals surface area contributed by atoms with E-state index in [4.69, 9.17) is 5.11 Å². The average Bonchev–Trinajstić information content (AvgIpc) is 2.52. The zero-order valence-electron chi connectivity index (χ0n) is 10.3. The van der Waals surface area contributed by atoms with Crippen LogP contribution in [0.15, 0.2) is 0 Å². The first-order chi connectivity index (χ1) is 7.65. The molecule has 2 N–H and O–H groups in total. The molecule has 0 saturated carbocycles. The van der Waals surface area contributed by atoms with E-state index in [0.29, 0.717) is 6.54 Å². The quantitative estimate of drug-likeness (QED) is 0.740. The number of nitrogens with zero attached hydrogens (tertiary/aromatic N) is 3. The Hall–Kier alpha value is -1.07. The number of aliphatic hydroxyl groups is 2. The van der Waals surface area contributed by atoms with Crippen molar-refractivity contribution in [1.82, 2.24) is 9.78 Å². The first-order valence-electron chi connectivity index (χ1n) is 5.64. The molecule has 0 spiro atoms. The summed E-state index contributed by atoms with van der Waals surface area (Å²) in [6, 6.07) is 0. The molecule has 0 aromatic carbocycles. The van der Waals surface area contributed by atoms with Crippen molar-refractivity contribution in [3.63, 3.8) is 0 Å². The molecule has 0 bridgehead atoms.